The first kappa shape index (κ1) is 16.5. The second-order valence-electron chi connectivity index (χ2n) is 7.44. The number of nitrogens with one attached hydrogen (secondary N) is 1. The number of hydrogen-bond donors (Lipinski definition) is 1. The van der Waals surface area contributed by atoms with Gasteiger partial charge in [0.25, 0.3) is 11.8 Å². The molecule has 1 aromatic rings. The maximum atomic E-state index is 13.3. The third-order valence-corrected chi connectivity index (χ3v) is 4.56. The van der Waals surface area contributed by atoms with E-state index in [2.05, 4.69) is 5.32 Å². The number of carbonyl (C=O) groups is 3. The average molecular weight is 329 g/mol. The molecule has 6 heteroatoms. The highest BCUT2D eigenvalue weighted by atomic mass is 16.2. The van der Waals surface area contributed by atoms with Crippen molar-refractivity contribution in [3.63, 3.8) is 0 Å². The molecule has 128 valence electrons. The zero-order valence-corrected chi connectivity index (χ0v) is 14.5. The summed E-state index contributed by atoms with van der Waals surface area (Å²) in [5, 5.41) is 2.91. The number of hydrogen-bond acceptors (Lipinski definition) is 3. The van der Waals surface area contributed by atoms with Crippen LogP contribution in [0.4, 0.5) is 5.69 Å². The van der Waals surface area contributed by atoms with E-state index < -0.39 is 17.0 Å². The van der Waals surface area contributed by atoms with Crippen LogP contribution in [0, 0.1) is 0 Å². The van der Waals surface area contributed by atoms with Crippen molar-refractivity contribution in [3.05, 3.63) is 29.8 Å². The van der Waals surface area contributed by atoms with Crippen molar-refractivity contribution in [1.82, 2.24) is 10.2 Å². The smallest absolute Gasteiger partial charge is 0.267 e. The molecular formula is C18H23N3O3. The van der Waals surface area contributed by atoms with E-state index in [-0.39, 0.29) is 11.8 Å². The highest BCUT2D eigenvalue weighted by Gasteiger charge is 2.61. The normalized spacial score (nSPS) is 23.7. The number of nitrogens with zero attached hydrogens (tertiary/aromatic N) is 2. The molecule has 24 heavy (non-hydrogen) atoms. The first-order valence-electron chi connectivity index (χ1n) is 8.20. The molecule has 2 heterocycles. The molecule has 0 bridgehead atoms. The Morgan fingerprint density at radius 2 is 1.88 bits per heavy atom. The van der Waals surface area contributed by atoms with E-state index in [1.165, 1.54) is 9.80 Å². The van der Waals surface area contributed by atoms with Gasteiger partial charge in [-0.2, -0.15) is 0 Å². The number of anilines is 1. The van der Waals surface area contributed by atoms with E-state index in [1.54, 1.807) is 25.2 Å². The molecular weight excluding hydrogens is 306 g/mol. The fourth-order valence-corrected chi connectivity index (χ4v) is 3.58. The zero-order valence-electron chi connectivity index (χ0n) is 14.5. The maximum Gasteiger partial charge on any atom is 0.267 e. The van der Waals surface area contributed by atoms with Crippen LogP contribution in [0.1, 0.15) is 39.2 Å². The Hall–Kier alpha value is -2.37. The molecule has 1 unspecified atom stereocenters. The lowest BCUT2D eigenvalue weighted by Crippen LogP contribution is -2.64. The van der Waals surface area contributed by atoms with Gasteiger partial charge >= 0.3 is 0 Å². The Morgan fingerprint density at radius 3 is 2.46 bits per heavy atom. The van der Waals surface area contributed by atoms with E-state index in [4.69, 9.17) is 0 Å². The van der Waals surface area contributed by atoms with Gasteiger partial charge < -0.3 is 15.1 Å². The second-order valence-corrected chi connectivity index (χ2v) is 7.44. The van der Waals surface area contributed by atoms with Gasteiger partial charge in [-0.05, 0) is 33.3 Å². The minimum atomic E-state index is -1.60. The van der Waals surface area contributed by atoms with Gasteiger partial charge in [0.1, 0.15) is 0 Å². The Balaban J connectivity index is 2.22. The van der Waals surface area contributed by atoms with E-state index in [0.717, 1.165) is 0 Å². The molecule has 3 rings (SSSR count). The van der Waals surface area contributed by atoms with Gasteiger partial charge in [0, 0.05) is 31.1 Å². The Kier molecular flexibility index (Phi) is 3.66. The summed E-state index contributed by atoms with van der Waals surface area (Å²) in [6.45, 7) is 5.99. The van der Waals surface area contributed by atoms with Crippen LogP contribution in [-0.2, 0) is 19.9 Å². The largest absolute Gasteiger partial charge is 0.349 e. The summed E-state index contributed by atoms with van der Waals surface area (Å²) in [5.74, 6) is -0.967. The highest BCUT2D eigenvalue weighted by Crippen LogP contribution is 2.45. The first-order chi connectivity index (χ1) is 11.2. The highest BCUT2D eigenvalue weighted by molar-refractivity contribution is 6.22. The number of carbonyl (C=O) groups excluding carboxylic acids is 3. The summed E-state index contributed by atoms with van der Waals surface area (Å²) < 4.78 is 0. The van der Waals surface area contributed by atoms with Crippen molar-refractivity contribution in [2.24, 2.45) is 0 Å². The lowest BCUT2D eigenvalue weighted by atomic mass is 9.87. The molecule has 0 radical (unpaired) electrons. The molecule has 2 aliphatic heterocycles. The van der Waals surface area contributed by atoms with Crippen molar-refractivity contribution in [3.8, 4) is 0 Å². The second kappa shape index (κ2) is 5.33. The Bertz CT molecular complexity index is 722. The predicted octanol–water partition coefficient (Wildman–Crippen LogP) is 1.40. The topological polar surface area (TPSA) is 69.7 Å². The summed E-state index contributed by atoms with van der Waals surface area (Å²) in [4.78, 5) is 41.9. The van der Waals surface area contributed by atoms with Crippen LogP contribution >= 0.6 is 0 Å². The van der Waals surface area contributed by atoms with Crippen LogP contribution in [0.25, 0.3) is 0 Å². The minimum absolute atomic E-state index is 0.155. The number of likely N-dealkylation sites (tertiary alicyclic amines) is 1. The van der Waals surface area contributed by atoms with Gasteiger partial charge in [-0.3, -0.25) is 14.4 Å². The monoisotopic (exact) mass is 329 g/mol. The summed E-state index contributed by atoms with van der Waals surface area (Å²) in [6.07, 6.45) is 1.02. The predicted molar refractivity (Wildman–Crippen MR) is 90.4 cm³/mol. The van der Waals surface area contributed by atoms with Gasteiger partial charge in [0.05, 0.1) is 5.69 Å². The van der Waals surface area contributed by atoms with E-state index in [0.29, 0.717) is 30.6 Å². The lowest BCUT2D eigenvalue weighted by Gasteiger charge is -2.38. The molecule has 1 fully saturated rings. The summed E-state index contributed by atoms with van der Waals surface area (Å²) in [5.41, 5.74) is -0.865. The molecule has 0 aliphatic carbocycles. The van der Waals surface area contributed by atoms with Crippen LogP contribution in [0.3, 0.4) is 0 Å². The molecule has 1 N–H and O–H groups in total. The molecule has 0 spiro atoms. The third kappa shape index (κ3) is 2.20. The SMILES string of the molecule is CN1C(=O)C(C(=O)NC(C)(C)C)(N2CCCC2=O)c2ccccc21. The van der Waals surface area contributed by atoms with Crippen LogP contribution in [0.15, 0.2) is 24.3 Å². The molecule has 0 saturated carbocycles. The fraction of sp³-hybridized carbons (Fsp3) is 0.500. The minimum Gasteiger partial charge on any atom is -0.349 e. The molecule has 0 aromatic heterocycles. The molecule has 1 atom stereocenters. The van der Waals surface area contributed by atoms with Gasteiger partial charge in [0.15, 0.2) is 0 Å². The van der Waals surface area contributed by atoms with Crippen LogP contribution in [0.5, 0.6) is 0 Å². The molecule has 1 aromatic carbocycles. The van der Waals surface area contributed by atoms with Crippen molar-refractivity contribution >= 4 is 23.4 Å². The van der Waals surface area contributed by atoms with Crippen LogP contribution in [-0.4, -0.2) is 41.8 Å². The fourth-order valence-electron chi connectivity index (χ4n) is 3.58. The van der Waals surface area contributed by atoms with Crippen molar-refractivity contribution in [2.45, 2.75) is 44.7 Å². The van der Waals surface area contributed by atoms with E-state index in [1.807, 2.05) is 26.8 Å². The van der Waals surface area contributed by atoms with Crippen molar-refractivity contribution < 1.29 is 14.4 Å². The number of rotatable bonds is 2. The average Bonchev–Trinajstić information content (AvgIpc) is 3.00. The molecule has 2 aliphatic rings. The van der Waals surface area contributed by atoms with Gasteiger partial charge in [-0.1, -0.05) is 18.2 Å². The summed E-state index contributed by atoms with van der Waals surface area (Å²) in [7, 11) is 1.65. The van der Waals surface area contributed by atoms with Crippen molar-refractivity contribution in [1.29, 1.82) is 0 Å². The maximum absolute atomic E-state index is 13.3. The Morgan fingerprint density at radius 1 is 1.21 bits per heavy atom. The van der Waals surface area contributed by atoms with Gasteiger partial charge in [-0.25, -0.2) is 0 Å². The molecule has 6 nitrogen and oxygen atoms in total. The zero-order chi connectivity index (χ0) is 17.7. The number of para-hydroxylation sites is 1. The van der Waals surface area contributed by atoms with Gasteiger partial charge in [-0.15, -0.1) is 0 Å². The number of likely N-dealkylation sites (N-methyl/N-ethyl adjacent to an activating group) is 1. The van der Waals surface area contributed by atoms with E-state index in [9.17, 15) is 14.4 Å². The van der Waals surface area contributed by atoms with Crippen LogP contribution < -0.4 is 10.2 Å². The quantitative estimate of drug-likeness (QED) is 0.834. The standard InChI is InChI=1S/C18H23N3O3/c1-17(2,3)19-15(23)18(21-11-7-10-14(21)22)12-8-5-6-9-13(12)20(4)16(18)24/h5-6,8-9H,7,10-11H2,1-4H3,(H,19,23). The number of fused-ring (bicyclic) bond motifs is 1. The summed E-state index contributed by atoms with van der Waals surface area (Å²) in [6, 6.07) is 7.20. The molecule has 1 saturated heterocycles. The Labute approximate surface area is 141 Å². The van der Waals surface area contributed by atoms with E-state index >= 15 is 0 Å². The first-order valence-corrected chi connectivity index (χ1v) is 8.20. The summed E-state index contributed by atoms with van der Waals surface area (Å²) >= 11 is 0. The van der Waals surface area contributed by atoms with Crippen LogP contribution in [0.2, 0.25) is 0 Å². The van der Waals surface area contributed by atoms with Gasteiger partial charge in [0.2, 0.25) is 11.4 Å². The lowest BCUT2D eigenvalue weighted by molar-refractivity contribution is -0.153. The number of amides is 3. The third-order valence-electron chi connectivity index (χ3n) is 4.56. The molecule has 3 amide bonds. The van der Waals surface area contributed by atoms with Crippen molar-refractivity contribution in [2.75, 3.05) is 18.5 Å². The number of benzene rings is 1.